The van der Waals surface area contributed by atoms with E-state index in [1.165, 1.54) is 0 Å². The van der Waals surface area contributed by atoms with E-state index in [0.29, 0.717) is 6.54 Å². The molecule has 1 atom stereocenters. The molecule has 166 valence electrons. The standard InChI is InChI=1S/C23H34N4O2.HI/c1-5-24-23(26-17-20(4)29-21-13-7-6-11-18(21)2)25-15-8-9-16-27-19(3)12-10-14-22(27)28;/h6-7,10-14,20H,5,8-9,15-17H2,1-4H3,(H2,24,25,26);1H. The zero-order valence-electron chi connectivity index (χ0n) is 18.5. The minimum atomic E-state index is -0.0144. The molecule has 0 aliphatic heterocycles. The average Bonchev–Trinajstić information content (AvgIpc) is 2.69. The molecular formula is C23H35IN4O2. The van der Waals surface area contributed by atoms with Gasteiger partial charge in [0.25, 0.3) is 5.56 Å². The maximum absolute atomic E-state index is 11.9. The molecule has 6 nitrogen and oxygen atoms in total. The molecule has 2 rings (SSSR count). The van der Waals surface area contributed by atoms with Crippen LogP contribution in [0.2, 0.25) is 0 Å². The van der Waals surface area contributed by atoms with E-state index in [4.69, 9.17) is 4.74 Å². The zero-order valence-corrected chi connectivity index (χ0v) is 20.8. The van der Waals surface area contributed by atoms with Gasteiger partial charge in [0.15, 0.2) is 5.96 Å². The molecule has 0 radical (unpaired) electrons. The molecule has 2 N–H and O–H groups in total. The van der Waals surface area contributed by atoms with Crippen molar-refractivity contribution in [3.63, 3.8) is 0 Å². The third-order valence-corrected chi connectivity index (χ3v) is 4.64. The number of pyridine rings is 1. The van der Waals surface area contributed by atoms with E-state index in [1.54, 1.807) is 12.1 Å². The van der Waals surface area contributed by atoms with Crippen molar-refractivity contribution in [2.45, 2.75) is 53.2 Å². The number of aromatic nitrogens is 1. The first kappa shape index (κ1) is 26.0. The first-order chi connectivity index (χ1) is 14.0. The van der Waals surface area contributed by atoms with Gasteiger partial charge in [0.1, 0.15) is 11.9 Å². The smallest absolute Gasteiger partial charge is 0.250 e. The molecule has 0 spiro atoms. The van der Waals surface area contributed by atoms with Gasteiger partial charge in [-0.15, -0.1) is 24.0 Å². The number of benzene rings is 1. The molecule has 0 aliphatic carbocycles. The van der Waals surface area contributed by atoms with Crippen molar-refractivity contribution in [3.05, 3.63) is 64.1 Å². The van der Waals surface area contributed by atoms with E-state index in [2.05, 4.69) is 22.5 Å². The molecule has 1 heterocycles. The fourth-order valence-corrected chi connectivity index (χ4v) is 3.02. The van der Waals surface area contributed by atoms with Crippen molar-refractivity contribution in [1.82, 2.24) is 15.2 Å². The highest BCUT2D eigenvalue weighted by Crippen LogP contribution is 2.17. The average molecular weight is 526 g/mol. The lowest BCUT2D eigenvalue weighted by atomic mass is 10.2. The Kier molecular flexibility index (Phi) is 12.2. The molecule has 1 unspecified atom stereocenters. The molecule has 0 amide bonds. The minimum Gasteiger partial charge on any atom is -0.489 e. The Hall–Kier alpha value is -2.03. The molecule has 7 heteroatoms. The number of hydrogen-bond donors (Lipinski definition) is 2. The van der Waals surface area contributed by atoms with Gasteiger partial charge in [-0.25, -0.2) is 4.99 Å². The van der Waals surface area contributed by atoms with Crippen molar-refractivity contribution < 1.29 is 4.74 Å². The van der Waals surface area contributed by atoms with E-state index >= 15 is 0 Å². The number of nitrogens with one attached hydrogen (secondary N) is 2. The first-order valence-electron chi connectivity index (χ1n) is 10.4. The number of para-hydroxylation sites is 1. The summed E-state index contributed by atoms with van der Waals surface area (Å²) in [6.07, 6.45) is 1.88. The van der Waals surface area contributed by atoms with Crippen LogP contribution in [-0.2, 0) is 6.54 Å². The number of unbranched alkanes of at least 4 members (excludes halogenated alkanes) is 1. The summed E-state index contributed by atoms with van der Waals surface area (Å²) in [5, 5.41) is 6.63. The third kappa shape index (κ3) is 8.77. The number of rotatable bonds is 10. The third-order valence-electron chi connectivity index (χ3n) is 4.64. The van der Waals surface area contributed by atoms with Crippen LogP contribution in [0, 0.1) is 13.8 Å². The Morgan fingerprint density at radius 1 is 1.10 bits per heavy atom. The van der Waals surface area contributed by atoms with Crippen LogP contribution in [0.3, 0.4) is 0 Å². The molecule has 0 bridgehead atoms. The van der Waals surface area contributed by atoms with E-state index in [9.17, 15) is 4.79 Å². The van der Waals surface area contributed by atoms with Gasteiger partial charge >= 0.3 is 0 Å². The van der Waals surface area contributed by atoms with Crippen LogP contribution in [0.15, 0.2) is 52.3 Å². The fourth-order valence-electron chi connectivity index (χ4n) is 3.02. The normalized spacial score (nSPS) is 12.1. The van der Waals surface area contributed by atoms with Crippen LogP contribution in [0.1, 0.15) is 37.9 Å². The maximum Gasteiger partial charge on any atom is 0.250 e. The quantitative estimate of drug-likeness (QED) is 0.214. The lowest BCUT2D eigenvalue weighted by Gasteiger charge is -2.16. The van der Waals surface area contributed by atoms with Crippen molar-refractivity contribution >= 4 is 29.9 Å². The maximum atomic E-state index is 11.9. The number of nitrogens with zero attached hydrogens (tertiary/aromatic N) is 2. The SMILES string of the molecule is CCNC(=NCC(C)Oc1ccccc1C)NCCCCn1c(C)cccc1=O.I. The summed E-state index contributed by atoms with van der Waals surface area (Å²) < 4.78 is 7.82. The number of hydrogen-bond acceptors (Lipinski definition) is 3. The van der Waals surface area contributed by atoms with Crippen molar-refractivity contribution in [2.24, 2.45) is 4.99 Å². The minimum absolute atomic E-state index is 0. The topological polar surface area (TPSA) is 67.7 Å². The van der Waals surface area contributed by atoms with Crippen molar-refractivity contribution in [1.29, 1.82) is 0 Å². The van der Waals surface area contributed by atoms with E-state index in [-0.39, 0.29) is 35.6 Å². The van der Waals surface area contributed by atoms with Crippen LogP contribution < -0.4 is 20.9 Å². The van der Waals surface area contributed by atoms with Crippen LogP contribution in [0.25, 0.3) is 0 Å². The summed E-state index contributed by atoms with van der Waals surface area (Å²) in [7, 11) is 0. The summed E-state index contributed by atoms with van der Waals surface area (Å²) in [4.78, 5) is 16.5. The number of guanidine groups is 1. The van der Waals surface area contributed by atoms with Crippen LogP contribution >= 0.6 is 24.0 Å². The Balaban J connectivity index is 0.00000450. The molecule has 0 saturated heterocycles. The van der Waals surface area contributed by atoms with Crippen LogP contribution in [0.5, 0.6) is 5.75 Å². The number of halogens is 1. The molecule has 1 aromatic heterocycles. The summed E-state index contributed by atoms with van der Waals surface area (Å²) in [5.74, 6) is 1.69. The number of aryl methyl sites for hydroxylation is 2. The Morgan fingerprint density at radius 3 is 2.57 bits per heavy atom. The molecule has 2 aromatic rings. The molecule has 0 fully saturated rings. The van der Waals surface area contributed by atoms with E-state index in [0.717, 1.165) is 55.4 Å². The Labute approximate surface area is 197 Å². The second kappa shape index (κ2) is 14.1. The van der Waals surface area contributed by atoms with Gasteiger partial charge in [-0.3, -0.25) is 4.79 Å². The molecular weight excluding hydrogens is 491 g/mol. The highest BCUT2D eigenvalue weighted by atomic mass is 127. The predicted octanol–water partition coefficient (Wildman–Crippen LogP) is 3.89. The Bertz CT molecular complexity index is 851. The molecule has 1 aromatic carbocycles. The van der Waals surface area contributed by atoms with Gasteiger partial charge in [0, 0.05) is 31.4 Å². The number of aliphatic imine (C=N–C) groups is 1. The van der Waals surface area contributed by atoms with Gasteiger partial charge < -0.3 is 19.9 Å². The second-order valence-electron chi connectivity index (χ2n) is 7.20. The van der Waals surface area contributed by atoms with Gasteiger partial charge in [0.2, 0.25) is 0 Å². The fraction of sp³-hybridized carbons (Fsp3) is 0.478. The first-order valence-corrected chi connectivity index (χ1v) is 10.4. The second-order valence-corrected chi connectivity index (χ2v) is 7.20. The zero-order chi connectivity index (χ0) is 21.1. The van der Waals surface area contributed by atoms with Crippen molar-refractivity contribution in [3.8, 4) is 5.75 Å². The molecule has 0 saturated carbocycles. The van der Waals surface area contributed by atoms with E-state index < -0.39 is 0 Å². The summed E-state index contributed by atoms with van der Waals surface area (Å²) >= 11 is 0. The number of ether oxygens (including phenoxy) is 1. The van der Waals surface area contributed by atoms with Gasteiger partial charge in [-0.05, 0) is 58.2 Å². The predicted molar refractivity (Wildman–Crippen MR) is 135 cm³/mol. The highest BCUT2D eigenvalue weighted by molar-refractivity contribution is 14.0. The van der Waals surface area contributed by atoms with Gasteiger partial charge in [0.05, 0.1) is 6.54 Å². The lowest BCUT2D eigenvalue weighted by Crippen LogP contribution is -2.38. The van der Waals surface area contributed by atoms with Crippen LogP contribution in [-0.4, -0.2) is 36.3 Å². The van der Waals surface area contributed by atoms with Gasteiger partial charge in [-0.2, -0.15) is 0 Å². The van der Waals surface area contributed by atoms with E-state index in [1.807, 2.05) is 55.7 Å². The molecule has 0 aliphatic rings. The summed E-state index contributed by atoms with van der Waals surface area (Å²) in [5.41, 5.74) is 2.19. The largest absolute Gasteiger partial charge is 0.489 e. The lowest BCUT2D eigenvalue weighted by molar-refractivity contribution is 0.228. The summed E-state index contributed by atoms with van der Waals surface area (Å²) in [6.45, 7) is 11.0. The summed E-state index contributed by atoms with van der Waals surface area (Å²) in [6, 6.07) is 13.4. The van der Waals surface area contributed by atoms with Crippen LogP contribution in [0.4, 0.5) is 0 Å². The Morgan fingerprint density at radius 2 is 1.87 bits per heavy atom. The van der Waals surface area contributed by atoms with Gasteiger partial charge in [-0.1, -0.05) is 24.3 Å². The monoisotopic (exact) mass is 526 g/mol. The van der Waals surface area contributed by atoms with Crippen molar-refractivity contribution in [2.75, 3.05) is 19.6 Å². The highest BCUT2D eigenvalue weighted by Gasteiger charge is 2.06. The molecule has 30 heavy (non-hydrogen) atoms.